The summed E-state index contributed by atoms with van der Waals surface area (Å²) in [6.45, 7) is 8.02. The molecule has 2 atom stereocenters. The summed E-state index contributed by atoms with van der Waals surface area (Å²) in [7, 11) is 0. The molecule has 3 rings (SSSR count). The minimum absolute atomic E-state index is 0.359. The largest absolute Gasteiger partial charge is 0.333 e. The Hall–Kier alpha value is -1.00. The van der Waals surface area contributed by atoms with E-state index in [0.29, 0.717) is 16.7 Å². The van der Waals surface area contributed by atoms with E-state index >= 15 is 0 Å². The Morgan fingerprint density at radius 1 is 1.38 bits per heavy atom. The molecule has 2 aromatic rings. The van der Waals surface area contributed by atoms with Crippen molar-refractivity contribution < 1.29 is 0 Å². The van der Waals surface area contributed by atoms with E-state index in [9.17, 15) is 0 Å². The fourth-order valence-corrected chi connectivity index (χ4v) is 4.96. The zero-order chi connectivity index (χ0) is 14.9. The van der Waals surface area contributed by atoms with Crippen LogP contribution < -0.4 is 5.32 Å². The molecule has 1 aliphatic rings. The van der Waals surface area contributed by atoms with E-state index in [1.54, 1.807) is 0 Å². The number of para-hydroxylation sites is 2. The van der Waals surface area contributed by atoms with Gasteiger partial charge >= 0.3 is 0 Å². The molecule has 21 heavy (non-hydrogen) atoms. The highest BCUT2D eigenvalue weighted by molar-refractivity contribution is 7.99. The third-order valence-corrected chi connectivity index (χ3v) is 5.81. The zero-order valence-corrected chi connectivity index (χ0v) is 14.0. The van der Waals surface area contributed by atoms with Crippen LogP contribution in [0.4, 0.5) is 0 Å². The number of hydrogen-bond donors (Lipinski definition) is 2. The van der Waals surface area contributed by atoms with Crippen molar-refractivity contribution in [2.24, 2.45) is 5.41 Å². The van der Waals surface area contributed by atoms with Crippen LogP contribution in [0, 0.1) is 5.41 Å². The van der Waals surface area contributed by atoms with Crippen LogP contribution in [-0.4, -0.2) is 27.8 Å². The predicted octanol–water partition coefficient (Wildman–Crippen LogP) is 4.21. The number of nitrogens with zero attached hydrogens (tertiary/aromatic N) is 1. The molecule has 4 heteroatoms. The Kier molecular flexibility index (Phi) is 4.27. The normalized spacial score (nSPS) is 25.3. The molecule has 1 aliphatic carbocycles. The monoisotopic (exact) mass is 303 g/mol. The molecule has 1 saturated carbocycles. The smallest absolute Gasteiger partial charge is 0.166 e. The van der Waals surface area contributed by atoms with Gasteiger partial charge in [-0.15, -0.1) is 0 Å². The van der Waals surface area contributed by atoms with Crippen LogP contribution in [0.25, 0.3) is 11.0 Å². The molecule has 0 saturated heterocycles. The van der Waals surface area contributed by atoms with Crippen LogP contribution in [0.1, 0.15) is 40.0 Å². The van der Waals surface area contributed by atoms with E-state index in [1.807, 2.05) is 17.8 Å². The van der Waals surface area contributed by atoms with Gasteiger partial charge in [0.2, 0.25) is 0 Å². The molecule has 2 N–H and O–H groups in total. The lowest BCUT2D eigenvalue weighted by Crippen LogP contribution is -2.51. The SMILES string of the molecule is CCNC1C(Sc2nc3ccccc3[nH]2)CCCC1(C)C. The van der Waals surface area contributed by atoms with Crippen LogP contribution in [-0.2, 0) is 0 Å². The number of thioether (sulfide) groups is 1. The molecule has 0 radical (unpaired) electrons. The maximum atomic E-state index is 4.73. The van der Waals surface area contributed by atoms with Crippen molar-refractivity contribution in [2.75, 3.05) is 6.54 Å². The van der Waals surface area contributed by atoms with Gasteiger partial charge in [-0.05, 0) is 36.9 Å². The highest BCUT2D eigenvalue weighted by atomic mass is 32.2. The standard InChI is InChI=1S/C17H25N3S/c1-4-18-15-14(10-7-11-17(15,2)3)21-16-19-12-8-5-6-9-13(12)20-16/h5-6,8-9,14-15,18H,4,7,10-11H2,1-3H3,(H,19,20). The summed E-state index contributed by atoms with van der Waals surface area (Å²) in [5.41, 5.74) is 2.56. The van der Waals surface area contributed by atoms with Crippen LogP contribution in [0.15, 0.2) is 29.4 Å². The van der Waals surface area contributed by atoms with E-state index in [-0.39, 0.29) is 0 Å². The van der Waals surface area contributed by atoms with Crippen molar-refractivity contribution in [3.05, 3.63) is 24.3 Å². The van der Waals surface area contributed by atoms with Gasteiger partial charge < -0.3 is 10.3 Å². The molecule has 0 bridgehead atoms. The number of aromatic amines is 1. The van der Waals surface area contributed by atoms with Crippen LogP contribution in [0.2, 0.25) is 0 Å². The third kappa shape index (κ3) is 3.11. The number of benzene rings is 1. The first-order chi connectivity index (χ1) is 10.1. The van der Waals surface area contributed by atoms with Gasteiger partial charge in [-0.2, -0.15) is 0 Å². The van der Waals surface area contributed by atoms with Gasteiger partial charge in [-0.25, -0.2) is 4.98 Å². The fourth-order valence-electron chi connectivity index (χ4n) is 3.47. The maximum Gasteiger partial charge on any atom is 0.166 e. The van der Waals surface area contributed by atoms with Crippen molar-refractivity contribution in [3.63, 3.8) is 0 Å². The first-order valence-electron chi connectivity index (χ1n) is 7.95. The van der Waals surface area contributed by atoms with Crippen LogP contribution >= 0.6 is 11.8 Å². The molecular weight excluding hydrogens is 278 g/mol. The number of rotatable bonds is 4. The molecule has 0 aliphatic heterocycles. The molecule has 0 spiro atoms. The van der Waals surface area contributed by atoms with E-state index in [1.165, 1.54) is 19.3 Å². The Bertz CT molecular complexity index is 572. The Morgan fingerprint density at radius 3 is 2.95 bits per heavy atom. The van der Waals surface area contributed by atoms with Crippen molar-refractivity contribution in [3.8, 4) is 0 Å². The van der Waals surface area contributed by atoms with Gasteiger partial charge in [0.05, 0.1) is 11.0 Å². The molecule has 3 nitrogen and oxygen atoms in total. The van der Waals surface area contributed by atoms with E-state index < -0.39 is 0 Å². The van der Waals surface area contributed by atoms with Crippen molar-refractivity contribution in [2.45, 2.75) is 56.5 Å². The average Bonchev–Trinajstić information content (AvgIpc) is 2.84. The molecule has 0 amide bonds. The van der Waals surface area contributed by atoms with Gasteiger partial charge in [-0.1, -0.05) is 51.1 Å². The Morgan fingerprint density at radius 2 is 2.19 bits per heavy atom. The lowest BCUT2D eigenvalue weighted by atomic mass is 9.73. The first kappa shape index (κ1) is 14.9. The summed E-state index contributed by atoms with van der Waals surface area (Å²) in [6.07, 6.45) is 3.89. The summed E-state index contributed by atoms with van der Waals surface area (Å²) in [5, 5.41) is 5.37. The van der Waals surface area contributed by atoms with Gasteiger partial charge in [0.25, 0.3) is 0 Å². The van der Waals surface area contributed by atoms with E-state index in [2.05, 4.69) is 49.3 Å². The Balaban J connectivity index is 1.81. The second-order valence-electron chi connectivity index (χ2n) is 6.63. The molecule has 1 heterocycles. The summed E-state index contributed by atoms with van der Waals surface area (Å²) in [6, 6.07) is 8.82. The van der Waals surface area contributed by atoms with Gasteiger partial charge in [0.15, 0.2) is 5.16 Å². The average molecular weight is 303 g/mol. The first-order valence-corrected chi connectivity index (χ1v) is 8.83. The second-order valence-corrected chi connectivity index (χ2v) is 7.86. The molecular formula is C17H25N3S. The van der Waals surface area contributed by atoms with Gasteiger partial charge in [0.1, 0.15) is 0 Å². The fraction of sp³-hybridized carbons (Fsp3) is 0.588. The third-order valence-electron chi connectivity index (χ3n) is 4.58. The van der Waals surface area contributed by atoms with E-state index in [4.69, 9.17) is 4.98 Å². The molecule has 1 aromatic heterocycles. The summed E-state index contributed by atoms with van der Waals surface area (Å²) in [4.78, 5) is 8.19. The number of nitrogens with one attached hydrogen (secondary N) is 2. The molecule has 114 valence electrons. The lowest BCUT2D eigenvalue weighted by molar-refractivity contribution is 0.176. The molecule has 2 unspecified atom stereocenters. The quantitative estimate of drug-likeness (QED) is 0.889. The van der Waals surface area contributed by atoms with Crippen molar-refractivity contribution in [1.82, 2.24) is 15.3 Å². The summed E-state index contributed by atoms with van der Waals surface area (Å²) >= 11 is 1.91. The topological polar surface area (TPSA) is 40.7 Å². The minimum atomic E-state index is 0.359. The van der Waals surface area contributed by atoms with Gasteiger partial charge in [-0.3, -0.25) is 0 Å². The van der Waals surface area contributed by atoms with Crippen LogP contribution in [0.5, 0.6) is 0 Å². The Labute approximate surface area is 131 Å². The van der Waals surface area contributed by atoms with Crippen molar-refractivity contribution >= 4 is 22.8 Å². The van der Waals surface area contributed by atoms with Crippen LogP contribution in [0.3, 0.4) is 0 Å². The lowest BCUT2D eigenvalue weighted by Gasteiger charge is -2.44. The number of imidazole rings is 1. The van der Waals surface area contributed by atoms with Crippen molar-refractivity contribution in [1.29, 1.82) is 0 Å². The van der Waals surface area contributed by atoms with E-state index in [0.717, 1.165) is 22.7 Å². The van der Waals surface area contributed by atoms with Gasteiger partial charge in [0, 0.05) is 11.3 Å². The maximum absolute atomic E-state index is 4.73. The molecule has 1 aromatic carbocycles. The number of H-pyrrole nitrogens is 1. The number of fused-ring (bicyclic) bond motifs is 1. The predicted molar refractivity (Wildman–Crippen MR) is 90.8 cm³/mol. The number of hydrogen-bond acceptors (Lipinski definition) is 3. The minimum Gasteiger partial charge on any atom is -0.333 e. The highest BCUT2D eigenvalue weighted by Crippen LogP contribution is 2.42. The highest BCUT2D eigenvalue weighted by Gasteiger charge is 2.39. The zero-order valence-electron chi connectivity index (χ0n) is 13.1. The number of aromatic nitrogens is 2. The summed E-state index contributed by atoms with van der Waals surface area (Å²) < 4.78 is 0. The molecule has 1 fully saturated rings. The summed E-state index contributed by atoms with van der Waals surface area (Å²) in [5.74, 6) is 0. The second kappa shape index (κ2) is 6.01.